The number of carboxylic acid groups (broad SMARTS) is 2. The van der Waals surface area contributed by atoms with Gasteiger partial charge in [0, 0.05) is 5.69 Å². The average Bonchev–Trinajstić information content (AvgIpc) is 3.28. The fraction of sp³-hybridized carbons (Fsp3) is 0.163. The predicted molar refractivity (Wildman–Crippen MR) is 227 cm³/mol. The van der Waals surface area contributed by atoms with E-state index in [2.05, 4.69) is 10.8 Å². The fourth-order valence-electron chi connectivity index (χ4n) is 7.04. The second kappa shape index (κ2) is 20.0. The van der Waals surface area contributed by atoms with E-state index in [0.29, 0.717) is 30.5 Å². The van der Waals surface area contributed by atoms with Gasteiger partial charge in [0.2, 0.25) is 0 Å². The van der Waals surface area contributed by atoms with E-state index < -0.39 is 35.8 Å². The molecular weight excluding hydrogens is 777 g/mol. The first-order chi connectivity index (χ1) is 29.5. The third kappa shape index (κ3) is 10.6. The Hall–Kier alpha value is -7.41. The van der Waals surface area contributed by atoms with Crippen LogP contribution >= 0.6 is 0 Å². The number of carbonyl (C=O) groups is 5. The van der Waals surface area contributed by atoms with Crippen LogP contribution in [0, 0.1) is 0 Å². The zero-order chi connectivity index (χ0) is 43.5. The molecule has 0 bridgehead atoms. The molecule has 5 N–H and O–H groups in total. The summed E-state index contributed by atoms with van der Waals surface area (Å²) in [5, 5.41) is 33.2. The number of esters is 2. The number of aryl methyl sites for hydroxylation is 2. The van der Waals surface area contributed by atoms with E-state index in [9.17, 15) is 39.4 Å². The Labute approximate surface area is 352 Å². The van der Waals surface area contributed by atoms with E-state index in [1.165, 1.54) is 36.4 Å². The standard InChI is InChI=1S/C49H44N2O10/c1-3-34-24-32(15-19-38(34)44(51-59)41-26-36(17-20-39(41)46(53)54)48(57)60-28-30-11-7-5-8-12-30)23-33-16-22-43(35(4-2)25-33)50-45(52)42-27-37(18-21-40(42)47(55)56)49(58)61-29-31-13-9-6-10-14-31/h5-22,24-27,44,51,59H,3-4,23,28-29H2,1-2H3,(H,50,52)(H,53,54)(H,55,56). The van der Waals surface area contributed by atoms with Crippen molar-refractivity contribution in [1.29, 1.82) is 0 Å². The molecule has 0 spiro atoms. The number of ether oxygens (including phenoxy) is 2. The van der Waals surface area contributed by atoms with Crippen LogP contribution in [-0.4, -0.2) is 45.2 Å². The average molecular weight is 821 g/mol. The molecule has 0 aliphatic heterocycles. The SMILES string of the molecule is CCc1cc(Cc2ccc(C(NO)c3cc(C(=O)OCc4ccccc4)ccc3C(=O)O)c(CC)c2)ccc1NC(=O)c1cc(C(=O)OCc2ccccc2)ccc1C(=O)O. The van der Waals surface area contributed by atoms with Crippen molar-refractivity contribution in [2.24, 2.45) is 0 Å². The molecule has 0 aromatic heterocycles. The first-order valence-electron chi connectivity index (χ1n) is 19.6. The van der Waals surface area contributed by atoms with E-state index in [-0.39, 0.29) is 46.6 Å². The van der Waals surface area contributed by atoms with Gasteiger partial charge in [-0.15, -0.1) is 0 Å². The van der Waals surface area contributed by atoms with Gasteiger partial charge in [0.1, 0.15) is 13.2 Å². The molecule has 0 fully saturated rings. The number of carbonyl (C=O) groups excluding carboxylic acids is 3. The van der Waals surface area contributed by atoms with Crippen LogP contribution in [0.25, 0.3) is 0 Å². The molecule has 1 unspecified atom stereocenters. The number of aromatic carboxylic acids is 2. The van der Waals surface area contributed by atoms with Gasteiger partial charge in [0.25, 0.3) is 5.91 Å². The minimum absolute atomic E-state index is 0.00996. The molecule has 61 heavy (non-hydrogen) atoms. The maximum atomic E-state index is 13.6. The van der Waals surface area contributed by atoms with E-state index in [0.717, 1.165) is 33.4 Å². The molecule has 1 atom stereocenters. The lowest BCUT2D eigenvalue weighted by atomic mass is 9.88. The second-order valence-corrected chi connectivity index (χ2v) is 14.2. The molecule has 310 valence electrons. The molecule has 6 aromatic carbocycles. The number of anilines is 1. The minimum atomic E-state index is -1.32. The Bertz CT molecular complexity index is 2570. The van der Waals surface area contributed by atoms with Crippen molar-refractivity contribution in [1.82, 2.24) is 5.48 Å². The molecule has 0 aliphatic carbocycles. The van der Waals surface area contributed by atoms with Crippen molar-refractivity contribution < 1.29 is 48.9 Å². The fourth-order valence-corrected chi connectivity index (χ4v) is 7.04. The molecule has 12 nitrogen and oxygen atoms in total. The molecule has 0 radical (unpaired) electrons. The lowest BCUT2D eigenvalue weighted by Crippen LogP contribution is -2.23. The molecular formula is C49H44N2O10. The summed E-state index contributed by atoms with van der Waals surface area (Å²) in [4.78, 5) is 64.0. The third-order valence-corrected chi connectivity index (χ3v) is 10.2. The Morgan fingerprint density at radius 2 is 1.07 bits per heavy atom. The second-order valence-electron chi connectivity index (χ2n) is 14.2. The normalized spacial score (nSPS) is 11.3. The van der Waals surface area contributed by atoms with Crippen LogP contribution in [0.4, 0.5) is 5.69 Å². The molecule has 0 saturated carbocycles. The highest BCUT2D eigenvalue weighted by Crippen LogP contribution is 2.31. The van der Waals surface area contributed by atoms with Crippen LogP contribution in [0.3, 0.4) is 0 Å². The summed E-state index contributed by atoms with van der Waals surface area (Å²) in [6.07, 6.45) is 1.57. The lowest BCUT2D eigenvalue weighted by Gasteiger charge is -2.22. The number of benzene rings is 6. The lowest BCUT2D eigenvalue weighted by molar-refractivity contribution is 0.0463. The topological polar surface area (TPSA) is 189 Å². The van der Waals surface area contributed by atoms with Crippen LogP contribution in [0.2, 0.25) is 0 Å². The van der Waals surface area contributed by atoms with Gasteiger partial charge in [0.15, 0.2) is 0 Å². The number of hydrogen-bond donors (Lipinski definition) is 5. The first-order valence-corrected chi connectivity index (χ1v) is 19.6. The van der Waals surface area contributed by atoms with Crippen molar-refractivity contribution >= 4 is 35.5 Å². The number of carboxylic acids is 2. The van der Waals surface area contributed by atoms with Crippen LogP contribution in [0.1, 0.15) is 116 Å². The maximum Gasteiger partial charge on any atom is 0.338 e. The van der Waals surface area contributed by atoms with Gasteiger partial charge in [-0.05, 0) is 106 Å². The van der Waals surface area contributed by atoms with Crippen molar-refractivity contribution in [2.75, 3.05) is 5.32 Å². The summed E-state index contributed by atoms with van der Waals surface area (Å²) < 4.78 is 10.9. The molecule has 0 saturated heterocycles. The maximum absolute atomic E-state index is 13.6. The highest BCUT2D eigenvalue weighted by atomic mass is 16.5. The summed E-state index contributed by atoms with van der Waals surface area (Å²) >= 11 is 0. The zero-order valence-electron chi connectivity index (χ0n) is 33.5. The summed E-state index contributed by atoms with van der Waals surface area (Å²) in [7, 11) is 0. The van der Waals surface area contributed by atoms with Gasteiger partial charge >= 0.3 is 23.9 Å². The van der Waals surface area contributed by atoms with E-state index >= 15 is 0 Å². The number of hydroxylamine groups is 1. The number of hydrogen-bond acceptors (Lipinski definition) is 9. The molecule has 6 aromatic rings. The predicted octanol–water partition coefficient (Wildman–Crippen LogP) is 8.83. The van der Waals surface area contributed by atoms with Gasteiger partial charge in [-0.3, -0.25) is 4.79 Å². The van der Waals surface area contributed by atoms with Crippen LogP contribution in [0.15, 0.2) is 133 Å². The molecule has 0 aliphatic rings. The van der Waals surface area contributed by atoms with E-state index in [1.54, 1.807) is 18.2 Å². The van der Waals surface area contributed by atoms with Gasteiger partial charge in [-0.1, -0.05) is 105 Å². The van der Waals surface area contributed by atoms with Gasteiger partial charge < -0.3 is 30.2 Å². The van der Waals surface area contributed by atoms with Crippen molar-refractivity contribution in [3.63, 3.8) is 0 Å². The summed E-state index contributed by atoms with van der Waals surface area (Å²) in [6.45, 7) is 3.91. The Balaban J connectivity index is 1.19. The van der Waals surface area contributed by atoms with Crippen LogP contribution in [0.5, 0.6) is 0 Å². The highest BCUT2D eigenvalue weighted by molar-refractivity contribution is 6.12. The van der Waals surface area contributed by atoms with Crippen LogP contribution < -0.4 is 10.8 Å². The zero-order valence-corrected chi connectivity index (χ0v) is 33.5. The van der Waals surface area contributed by atoms with Crippen molar-refractivity contribution in [3.05, 3.63) is 206 Å². The van der Waals surface area contributed by atoms with E-state index in [4.69, 9.17) is 9.47 Å². The van der Waals surface area contributed by atoms with Gasteiger partial charge in [-0.25, -0.2) is 19.2 Å². The Morgan fingerprint density at radius 1 is 0.541 bits per heavy atom. The van der Waals surface area contributed by atoms with Gasteiger partial charge in [0.05, 0.1) is 33.9 Å². The molecule has 1 amide bonds. The molecule has 0 heterocycles. The summed E-state index contributed by atoms with van der Waals surface area (Å²) in [5.74, 6) is -4.59. The monoisotopic (exact) mass is 820 g/mol. The quantitative estimate of drug-likeness (QED) is 0.0437. The summed E-state index contributed by atoms with van der Waals surface area (Å²) in [6, 6.07) is 36.3. The molecule has 12 heteroatoms. The number of rotatable bonds is 17. The Kier molecular flexibility index (Phi) is 14.2. The highest BCUT2D eigenvalue weighted by Gasteiger charge is 2.25. The largest absolute Gasteiger partial charge is 0.478 e. The van der Waals surface area contributed by atoms with Gasteiger partial charge in [-0.2, -0.15) is 5.48 Å². The molecule has 6 rings (SSSR count). The minimum Gasteiger partial charge on any atom is -0.478 e. The Morgan fingerprint density at radius 3 is 1.61 bits per heavy atom. The number of amides is 1. The van der Waals surface area contributed by atoms with Crippen LogP contribution in [-0.2, 0) is 41.9 Å². The smallest absolute Gasteiger partial charge is 0.338 e. The van der Waals surface area contributed by atoms with Crippen molar-refractivity contribution in [3.8, 4) is 0 Å². The third-order valence-electron chi connectivity index (χ3n) is 10.2. The number of nitrogens with one attached hydrogen (secondary N) is 2. The van der Waals surface area contributed by atoms with E-state index in [1.807, 2.05) is 92.7 Å². The van der Waals surface area contributed by atoms with Crippen molar-refractivity contribution in [2.45, 2.75) is 52.4 Å². The summed E-state index contributed by atoms with van der Waals surface area (Å²) in [5.41, 5.74) is 8.20. The first kappa shape index (κ1) is 43.2.